The van der Waals surface area contributed by atoms with Crippen molar-refractivity contribution in [2.75, 3.05) is 19.7 Å². The van der Waals surface area contributed by atoms with Crippen LogP contribution in [0.5, 0.6) is 0 Å². The molecule has 0 aliphatic carbocycles. The number of morpholine rings is 1. The first-order valence-corrected chi connectivity index (χ1v) is 7.97. The van der Waals surface area contributed by atoms with Crippen molar-refractivity contribution in [1.29, 1.82) is 0 Å². The van der Waals surface area contributed by atoms with Crippen molar-refractivity contribution in [3.63, 3.8) is 0 Å². The van der Waals surface area contributed by atoms with E-state index < -0.39 is 16.3 Å². The number of ether oxygens (including phenoxy) is 1. The first-order valence-electron chi connectivity index (χ1n) is 6.53. The minimum Gasteiger partial charge on any atom is -0.371 e. The van der Waals surface area contributed by atoms with E-state index in [1.54, 1.807) is 32.0 Å². The molecule has 20 heavy (non-hydrogen) atoms. The van der Waals surface area contributed by atoms with Crippen LogP contribution >= 0.6 is 0 Å². The maximum atomic E-state index is 13.7. The van der Waals surface area contributed by atoms with Gasteiger partial charge in [-0.2, -0.15) is 17.4 Å². The molecule has 0 saturated carbocycles. The fourth-order valence-electron chi connectivity index (χ4n) is 2.14. The molecule has 112 valence electrons. The van der Waals surface area contributed by atoms with Gasteiger partial charge in [-0.15, -0.1) is 0 Å². The van der Waals surface area contributed by atoms with E-state index in [0.29, 0.717) is 5.56 Å². The fourth-order valence-corrected chi connectivity index (χ4v) is 3.53. The zero-order chi connectivity index (χ0) is 14.8. The van der Waals surface area contributed by atoms with E-state index in [9.17, 15) is 12.8 Å². The molecule has 7 heteroatoms. The third-order valence-corrected chi connectivity index (χ3v) is 4.79. The quantitative estimate of drug-likeness (QED) is 0.915. The zero-order valence-corrected chi connectivity index (χ0v) is 12.4. The molecule has 5 nitrogen and oxygen atoms in total. The minimum absolute atomic E-state index is 0.114. The Balaban J connectivity index is 2.15. The van der Waals surface area contributed by atoms with E-state index in [4.69, 9.17) is 4.74 Å². The molecule has 1 saturated heterocycles. The maximum Gasteiger partial charge on any atom is 0.279 e. The average molecular weight is 302 g/mol. The normalized spacial score (nSPS) is 21.3. The second-order valence-electron chi connectivity index (χ2n) is 5.02. The van der Waals surface area contributed by atoms with E-state index in [1.165, 1.54) is 10.4 Å². The Labute approximate surface area is 118 Å². The van der Waals surface area contributed by atoms with Gasteiger partial charge in [0.25, 0.3) is 10.2 Å². The SMILES string of the molecule is CC(C)NS(=O)(=O)N1CCOC(c2ccccc2F)C1. The third kappa shape index (κ3) is 3.54. The maximum absolute atomic E-state index is 13.7. The molecule has 0 radical (unpaired) electrons. The van der Waals surface area contributed by atoms with Crippen LogP contribution in [0.3, 0.4) is 0 Å². The highest BCUT2D eigenvalue weighted by Gasteiger charge is 2.31. The average Bonchev–Trinajstić information content (AvgIpc) is 2.38. The first kappa shape index (κ1) is 15.4. The summed E-state index contributed by atoms with van der Waals surface area (Å²) in [5.74, 6) is -0.381. The zero-order valence-electron chi connectivity index (χ0n) is 11.5. The van der Waals surface area contributed by atoms with Crippen LogP contribution in [-0.2, 0) is 14.9 Å². The second kappa shape index (κ2) is 6.17. The Morgan fingerprint density at radius 3 is 2.75 bits per heavy atom. The Morgan fingerprint density at radius 1 is 1.40 bits per heavy atom. The van der Waals surface area contributed by atoms with Gasteiger partial charge in [0.15, 0.2) is 0 Å². The van der Waals surface area contributed by atoms with Crippen molar-refractivity contribution in [2.24, 2.45) is 0 Å². The summed E-state index contributed by atoms with van der Waals surface area (Å²) in [6.07, 6.45) is -0.575. The smallest absolute Gasteiger partial charge is 0.279 e. The van der Waals surface area contributed by atoms with E-state index in [-0.39, 0.29) is 31.6 Å². The van der Waals surface area contributed by atoms with Gasteiger partial charge in [-0.05, 0) is 19.9 Å². The van der Waals surface area contributed by atoms with E-state index in [1.807, 2.05) is 0 Å². The van der Waals surface area contributed by atoms with Crippen LogP contribution in [0.2, 0.25) is 0 Å². The van der Waals surface area contributed by atoms with Gasteiger partial charge < -0.3 is 4.74 Å². The van der Waals surface area contributed by atoms with Gasteiger partial charge in [0.05, 0.1) is 12.7 Å². The van der Waals surface area contributed by atoms with Crippen molar-refractivity contribution in [3.05, 3.63) is 35.6 Å². The predicted octanol–water partition coefficient (Wildman–Crippen LogP) is 1.44. The van der Waals surface area contributed by atoms with E-state index >= 15 is 0 Å². The summed E-state index contributed by atoms with van der Waals surface area (Å²) < 4.78 is 47.3. The molecule has 1 N–H and O–H groups in total. The number of benzene rings is 1. The van der Waals surface area contributed by atoms with Gasteiger partial charge in [-0.3, -0.25) is 0 Å². The molecule has 1 fully saturated rings. The summed E-state index contributed by atoms with van der Waals surface area (Å²) >= 11 is 0. The van der Waals surface area contributed by atoms with Crippen molar-refractivity contribution in [1.82, 2.24) is 9.03 Å². The van der Waals surface area contributed by atoms with Gasteiger partial charge in [0.1, 0.15) is 5.82 Å². The number of hydrogen-bond donors (Lipinski definition) is 1. The van der Waals surface area contributed by atoms with Gasteiger partial charge in [0, 0.05) is 24.7 Å². The van der Waals surface area contributed by atoms with Crippen LogP contribution in [0.15, 0.2) is 24.3 Å². The number of hydrogen-bond acceptors (Lipinski definition) is 3. The summed E-state index contributed by atoms with van der Waals surface area (Å²) in [7, 11) is -3.56. The Hall–Kier alpha value is -1.02. The van der Waals surface area contributed by atoms with E-state index in [0.717, 1.165) is 0 Å². The molecule has 0 bridgehead atoms. The molecule has 1 atom stereocenters. The summed E-state index contributed by atoms with van der Waals surface area (Å²) in [6, 6.07) is 6.08. The third-order valence-electron chi connectivity index (χ3n) is 3.01. The molecular weight excluding hydrogens is 283 g/mol. The highest BCUT2D eigenvalue weighted by molar-refractivity contribution is 7.87. The lowest BCUT2D eigenvalue weighted by Crippen LogP contribution is -2.49. The van der Waals surface area contributed by atoms with Gasteiger partial charge in [-0.1, -0.05) is 18.2 Å². The van der Waals surface area contributed by atoms with Gasteiger partial charge in [-0.25, -0.2) is 4.39 Å². The van der Waals surface area contributed by atoms with Crippen LogP contribution in [0.25, 0.3) is 0 Å². The molecular formula is C13H19FN2O3S. The van der Waals surface area contributed by atoms with Crippen LogP contribution in [-0.4, -0.2) is 38.5 Å². The van der Waals surface area contributed by atoms with Crippen molar-refractivity contribution >= 4 is 10.2 Å². The Kier molecular flexibility index (Phi) is 4.74. The molecule has 0 amide bonds. The predicted molar refractivity (Wildman–Crippen MR) is 73.9 cm³/mol. The molecule has 1 aliphatic rings. The highest BCUT2D eigenvalue weighted by Crippen LogP contribution is 2.25. The monoisotopic (exact) mass is 302 g/mol. The molecule has 1 aromatic carbocycles. The highest BCUT2D eigenvalue weighted by atomic mass is 32.2. The molecule has 1 unspecified atom stereocenters. The summed E-state index contributed by atoms with van der Waals surface area (Å²) in [4.78, 5) is 0. The van der Waals surface area contributed by atoms with Crippen molar-refractivity contribution in [3.8, 4) is 0 Å². The van der Waals surface area contributed by atoms with Gasteiger partial charge >= 0.3 is 0 Å². The molecule has 2 rings (SSSR count). The first-order chi connectivity index (χ1) is 9.40. The number of nitrogens with zero attached hydrogens (tertiary/aromatic N) is 1. The van der Waals surface area contributed by atoms with Crippen LogP contribution in [0.1, 0.15) is 25.5 Å². The topological polar surface area (TPSA) is 58.6 Å². The lowest BCUT2D eigenvalue weighted by molar-refractivity contribution is -0.00486. The van der Waals surface area contributed by atoms with Crippen molar-refractivity contribution in [2.45, 2.75) is 26.0 Å². The molecule has 1 aromatic rings. The van der Waals surface area contributed by atoms with E-state index in [2.05, 4.69) is 4.72 Å². The summed E-state index contributed by atoms with van der Waals surface area (Å²) in [5.41, 5.74) is 0.386. The van der Waals surface area contributed by atoms with Crippen LogP contribution in [0, 0.1) is 5.82 Å². The number of rotatable bonds is 4. The minimum atomic E-state index is -3.56. The molecule has 0 spiro atoms. The standard InChI is InChI=1S/C13H19FN2O3S/c1-10(2)15-20(17,18)16-7-8-19-13(9-16)11-5-3-4-6-12(11)14/h3-6,10,13,15H,7-9H2,1-2H3. The second-order valence-corrected chi connectivity index (χ2v) is 6.72. The summed E-state index contributed by atoms with van der Waals surface area (Å²) in [6.45, 7) is 4.15. The molecule has 0 aromatic heterocycles. The molecule has 1 aliphatic heterocycles. The fraction of sp³-hybridized carbons (Fsp3) is 0.538. The lowest BCUT2D eigenvalue weighted by atomic mass is 10.1. The van der Waals surface area contributed by atoms with Gasteiger partial charge in [0.2, 0.25) is 0 Å². The lowest BCUT2D eigenvalue weighted by Gasteiger charge is -2.32. The van der Waals surface area contributed by atoms with Crippen LogP contribution < -0.4 is 4.72 Å². The Morgan fingerprint density at radius 2 is 2.10 bits per heavy atom. The molecule has 1 heterocycles. The number of nitrogens with one attached hydrogen (secondary N) is 1. The largest absolute Gasteiger partial charge is 0.371 e. The Bertz CT molecular complexity index is 562. The van der Waals surface area contributed by atoms with Crippen molar-refractivity contribution < 1.29 is 17.5 Å². The number of halogens is 1. The van der Waals surface area contributed by atoms with Crippen LogP contribution in [0.4, 0.5) is 4.39 Å². The summed E-state index contributed by atoms with van der Waals surface area (Å²) in [5, 5.41) is 0.